The minimum absolute atomic E-state index is 0.144. The molecular formula is C16H15F2N5. The molecular weight excluding hydrogens is 300 g/mol. The van der Waals surface area contributed by atoms with Crippen LogP contribution < -0.4 is 4.90 Å². The van der Waals surface area contributed by atoms with Gasteiger partial charge in [-0.15, -0.1) is 0 Å². The Kier molecular flexibility index (Phi) is 3.11. The predicted molar refractivity (Wildman–Crippen MR) is 83.0 cm³/mol. The normalized spacial score (nSPS) is 18.9. The molecule has 0 bridgehead atoms. The summed E-state index contributed by atoms with van der Waals surface area (Å²) < 4.78 is 26.8. The molecule has 7 heteroatoms. The molecule has 5 nitrogen and oxygen atoms in total. The van der Waals surface area contributed by atoms with Crippen molar-refractivity contribution in [3.63, 3.8) is 0 Å². The first-order valence-corrected chi connectivity index (χ1v) is 7.47. The molecule has 4 heterocycles. The maximum absolute atomic E-state index is 13.4. The van der Waals surface area contributed by atoms with Crippen molar-refractivity contribution in [1.82, 2.24) is 15.0 Å². The van der Waals surface area contributed by atoms with Gasteiger partial charge in [-0.3, -0.25) is 15.0 Å². The van der Waals surface area contributed by atoms with E-state index in [0.717, 1.165) is 22.5 Å². The molecule has 2 aliphatic rings. The molecule has 1 fully saturated rings. The van der Waals surface area contributed by atoms with E-state index in [-0.39, 0.29) is 13.0 Å². The van der Waals surface area contributed by atoms with E-state index >= 15 is 0 Å². The van der Waals surface area contributed by atoms with Crippen LogP contribution in [-0.4, -0.2) is 39.7 Å². The topological polar surface area (TPSA) is 54.3 Å². The van der Waals surface area contributed by atoms with Gasteiger partial charge >= 0.3 is 0 Å². The smallest absolute Gasteiger partial charge is 0.266 e. The van der Waals surface area contributed by atoms with Crippen LogP contribution in [0.1, 0.15) is 24.6 Å². The van der Waals surface area contributed by atoms with Gasteiger partial charge in [0, 0.05) is 36.0 Å². The molecule has 0 N–H and O–H groups in total. The first-order chi connectivity index (χ1) is 11.0. The molecule has 0 aromatic carbocycles. The van der Waals surface area contributed by atoms with Gasteiger partial charge in [0.25, 0.3) is 5.92 Å². The molecule has 0 spiro atoms. The van der Waals surface area contributed by atoms with Crippen LogP contribution >= 0.6 is 0 Å². The van der Waals surface area contributed by atoms with Crippen LogP contribution in [-0.2, 0) is 6.54 Å². The Morgan fingerprint density at radius 1 is 1.22 bits per heavy atom. The van der Waals surface area contributed by atoms with Gasteiger partial charge in [-0.05, 0) is 13.0 Å². The SMILES string of the molecule is CC1=NCc2ncc(-c3cncc(N4CCC(F)(F)C4)n3)cc21. The highest BCUT2D eigenvalue weighted by Crippen LogP contribution is 2.31. The maximum Gasteiger partial charge on any atom is 0.266 e. The number of aromatic nitrogens is 3. The molecule has 118 valence electrons. The molecule has 2 aromatic rings. The van der Waals surface area contributed by atoms with E-state index in [0.29, 0.717) is 24.6 Å². The summed E-state index contributed by atoms with van der Waals surface area (Å²) in [4.78, 5) is 19.0. The number of nitrogens with zero attached hydrogens (tertiary/aromatic N) is 5. The van der Waals surface area contributed by atoms with Crippen molar-refractivity contribution in [2.24, 2.45) is 4.99 Å². The van der Waals surface area contributed by atoms with Crippen LogP contribution in [0.2, 0.25) is 0 Å². The van der Waals surface area contributed by atoms with Crippen LogP contribution in [0.15, 0.2) is 29.6 Å². The lowest BCUT2D eigenvalue weighted by Crippen LogP contribution is -2.25. The highest BCUT2D eigenvalue weighted by Gasteiger charge is 2.38. The molecule has 0 radical (unpaired) electrons. The number of halogens is 2. The van der Waals surface area contributed by atoms with Crippen molar-refractivity contribution in [1.29, 1.82) is 0 Å². The molecule has 0 unspecified atom stereocenters. The number of pyridine rings is 1. The summed E-state index contributed by atoms with van der Waals surface area (Å²) in [5.41, 5.74) is 4.38. The third kappa shape index (κ3) is 2.56. The second kappa shape index (κ2) is 5.04. The van der Waals surface area contributed by atoms with E-state index in [9.17, 15) is 8.78 Å². The van der Waals surface area contributed by atoms with Gasteiger partial charge in [-0.2, -0.15) is 0 Å². The average Bonchev–Trinajstić information content (AvgIpc) is 3.10. The summed E-state index contributed by atoms with van der Waals surface area (Å²) in [6.45, 7) is 2.54. The fraction of sp³-hybridized carbons (Fsp3) is 0.375. The second-order valence-electron chi connectivity index (χ2n) is 5.91. The maximum atomic E-state index is 13.4. The zero-order chi connectivity index (χ0) is 16.0. The third-order valence-corrected chi connectivity index (χ3v) is 4.24. The molecule has 0 saturated carbocycles. The molecule has 0 aliphatic carbocycles. The quantitative estimate of drug-likeness (QED) is 0.855. The Bertz CT molecular complexity index is 803. The summed E-state index contributed by atoms with van der Waals surface area (Å²) in [7, 11) is 0. The van der Waals surface area contributed by atoms with Crippen molar-refractivity contribution in [2.45, 2.75) is 25.8 Å². The number of hydrogen-bond acceptors (Lipinski definition) is 5. The molecule has 0 amide bonds. The van der Waals surface area contributed by atoms with Crippen molar-refractivity contribution in [3.8, 4) is 11.3 Å². The van der Waals surface area contributed by atoms with Gasteiger partial charge in [0.05, 0.1) is 36.9 Å². The minimum atomic E-state index is -2.65. The van der Waals surface area contributed by atoms with Crippen LogP contribution in [0.4, 0.5) is 14.6 Å². The Morgan fingerprint density at radius 3 is 2.87 bits per heavy atom. The molecule has 4 rings (SSSR count). The zero-order valence-electron chi connectivity index (χ0n) is 12.6. The lowest BCUT2D eigenvalue weighted by Gasteiger charge is -2.17. The Balaban J connectivity index is 1.67. The summed E-state index contributed by atoms with van der Waals surface area (Å²) in [5, 5.41) is 0. The molecule has 1 saturated heterocycles. The van der Waals surface area contributed by atoms with Gasteiger partial charge < -0.3 is 4.90 Å². The number of rotatable bonds is 2. The molecule has 2 aromatic heterocycles. The van der Waals surface area contributed by atoms with Crippen LogP contribution in [0, 0.1) is 0 Å². The fourth-order valence-electron chi connectivity index (χ4n) is 2.93. The molecule has 0 atom stereocenters. The summed E-state index contributed by atoms with van der Waals surface area (Å²) in [6.07, 6.45) is 4.75. The van der Waals surface area contributed by atoms with E-state index < -0.39 is 5.92 Å². The predicted octanol–water partition coefficient (Wildman–Crippen LogP) is 2.71. The lowest BCUT2D eigenvalue weighted by molar-refractivity contribution is 0.0256. The van der Waals surface area contributed by atoms with E-state index in [2.05, 4.69) is 19.9 Å². The molecule has 23 heavy (non-hydrogen) atoms. The summed E-state index contributed by atoms with van der Waals surface area (Å²) in [5.74, 6) is -2.18. The number of fused-ring (bicyclic) bond motifs is 1. The third-order valence-electron chi connectivity index (χ3n) is 4.24. The molecule has 2 aliphatic heterocycles. The zero-order valence-corrected chi connectivity index (χ0v) is 12.6. The summed E-state index contributed by atoms with van der Waals surface area (Å²) >= 11 is 0. The van der Waals surface area contributed by atoms with Crippen LogP contribution in [0.5, 0.6) is 0 Å². The van der Waals surface area contributed by atoms with E-state index in [4.69, 9.17) is 0 Å². The minimum Gasteiger partial charge on any atom is -0.349 e. The van der Waals surface area contributed by atoms with Crippen LogP contribution in [0.3, 0.4) is 0 Å². The highest BCUT2D eigenvalue weighted by molar-refractivity contribution is 6.02. The van der Waals surface area contributed by atoms with Crippen LogP contribution in [0.25, 0.3) is 11.3 Å². The van der Waals surface area contributed by atoms with E-state index in [1.807, 2.05) is 13.0 Å². The van der Waals surface area contributed by atoms with Gasteiger partial charge in [-0.1, -0.05) is 0 Å². The Morgan fingerprint density at radius 2 is 2.09 bits per heavy atom. The van der Waals surface area contributed by atoms with Crippen molar-refractivity contribution >= 4 is 11.5 Å². The van der Waals surface area contributed by atoms with Gasteiger partial charge in [0.1, 0.15) is 5.82 Å². The first-order valence-electron chi connectivity index (χ1n) is 7.47. The van der Waals surface area contributed by atoms with Gasteiger partial charge in [0.2, 0.25) is 0 Å². The highest BCUT2D eigenvalue weighted by atomic mass is 19.3. The number of alkyl halides is 2. The fourth-order valence-corrected chi connectivity index (χ4v) is 2.93. The summed E-state index contributed by atoms with van der Waals surface area (Å²) in [6, 6.07) is 1.99. The van der Waals surface area contributed by atoms with E-state index in [1.54, 1.807) is 17.3 Å². The number of hydrogen-bond donors (Lipinski definition) is 0. The van der Waals surface area contributed by atoms with E-state index in [1.165, 1.54) is 6.20 Å². The number of aliphatic imine (C=N–C) groups is 1. The average molecular weight is 315 g/mol. The van der Waals surface area contributed by atoms with Crippen molar-refractivity contribution in [2.75, 3.05) is 18.0 Å². The standard InChI is InChI=1S/C16H15F2N5/c1-10-12-4-11(5-21-14(12)7-20-10)13-6-19-8-15(22-13)23-3-2-16(17,18)9-23/h4-6,8H,2-3,7,9H2,1H3. The van der Waals surface area contributed by atoms with Crippen molar-refractivity contribution in [3.05, 3.63) is 35.9 Å². The largest absolute Gasteiger partial charge is 0.349 e. The Hall–Kier alpha value is -2.44. The monoisotopic (exact) mass is 315 g/mol. The first kappa shape index (κ1) is 14.2. The van der Waals surface area contributed by atoms with Gasteiger partial charge in [-0.25, -0.2) is 13.8 Å². The van der Waals surface area contributed by atoms with Gasteiger partial charge in [0.15, 0.2) is 0 Å². The lowest BCUT2D eigenvalue weighted by atomic mass is 10.1. The second-order valence-corrected chi connectivity index (χ2v) is 5.91. The number of anilines is 1. The van der Waals surface area contributed by atoms with Crippen molar-refractivity contribution < 1.29 is 8.78 Å². The Labute approximate surface area is 132 Å².